The average molecular weight is 318 g/mol. The van der Waals surface area contributed by atoms with E-state index in [0.29, 0.717) is 5.02 Å². The Bertz CT molecular complexity index is 524. The molecule has 0 atom stereocenters. The van der Waals surface area contributed by atoms with Gasteiger partial charge >= 0.3 is 5.97 Å². The molecule has 0 radical (unpaired) electrons. The normalized spacial score (nSPS) is 11.2. The second kappa shape index (κ2) is 6.46. The topological polar surface area (TPSA) is 57.6 Å². The first-order chi connectivity index (χ1) is 9.14. The molecular formula is C14H17Cl2NO3. The fourth-order valence-corrected chi connectivity index (χ4v) is 2.14. The van der Waals surface area contributed by atoms with Crippen LogP contribution in [0.3, 0.4) is 0 Å². The predicted octanol–water partition coefficient (Wildman–Crippen LogP) is 3.71. The van der Waals surface area contributed by atoms with Crippen LogP contribution in [-0.2, 0) is 4.79 Å². The molecular weight excluding hydrogens is 301 g/mol. The van der Waals surface area contributed by atoms with E-state index < -0.39 is 11.5 Å². The number of hydrogen-bond acceptors (Lipinski definition) is 2. The van der Waals surface area contributed by atoms with Crippen LogP contribution in [0.15, 0.2) is 18.2 Å². The zero-order valence-corrected chi connectivity index (χ0v) is 13.1. The van der Waals surface area contributed by atoms with Gasteiger partial charge in [0.05, 0.1) is 22.0 Å². The molecule has 0 fully saturated rings. The van der Waals surface area contributed by atoms with E-state index >= 15 is 0 Å². The van der Waals surface area contributed by atoms with Gasteiger partial charge in [-0.1, -0.05) is 29.3 Å². The Balaban J connectivity index is 3.10. The highest BCUT2D eigenvalue weighted by Crippen LogP contribution is 2.28. The maximum atomic E-state index is 12.6. The van der Waals surface area contributed by atoms with Crippen LogP contribution < -0.4 is 0 Å². The molecule has 0 spiro atoms. The number of amides is 1. The highest BCUT2D eigenvalue weighted by Gasteiger charge is 2.29. The van der Waals surface area contributed by atoms with Crippen molar-refractivity contribution in [1.29, 1.82) is 0 Å². The number of nitrogens with zero attached hydrogens (tertiary/aromatic N) is 1. The van der Waals surface area contributed by atoms with E-state index in [1.807, 2.05) is 20.8 Å². The van der Waals surface area contributed by atoms with Crippen LogP contribution >= 0.6 is 23.2 Å². The van der Waals surface area contributed by atoms with Crippen LogP contribution in [0.2, 0.25) is 10.0 Å². The number of rotatable bonds is 4. The van der Waals surface area contributed by atoms with E-state index in [-0.39, 0.29) is 29.5 Å². The van der Waals surface area contributed by atoms with Crippen molar-refractivity contribution in [2.75, 3.05) is 6.54 Å². The van der Waals surface area contributed by atoms with E-state index in [1.165, 1.54) is 4.90 Å². The quantitative estimate of drug-likeness (QED) is 0.921. The fraction of sp³-hybridized carbons (Fsp3) is 0.429. The molecule has 0 saturated carbocycles. The standard InChI is InChI=1S/C14H17Cl2NO3/c1-14(2,3)17(8-7-11(18)19)13(20)9-5-4-6-10(15)12(9)16/h4-6H,7-8H2,1-3H3,(H,18,19). The molecule has 0 bridgehead atoms. The van der Waals surface area contributed by atoms with Gasteiger partial charge in [0, 0.05) is 12.1 Å². The third kappa shape index (κ3) is 4.12. The van der Waals surface area contributed by atoms with Gasteiger partial charge in [-0.2, -0.15) is 0 Å². The maximum Gasteiger partial charge on any atom is 0.305 e. The summed E-state index contributed by atoms with van der Waals surface area (Å²) in [6.45, 7) is 5.63. The second-order valence-electron chi connectivity index (χ2n) is 5.37. The lowest BCUT2D eigenvalue weighted by Gasteiger charge is -2.35. The van der Waals surface area contributed by atoms with Crippen molar-refractivity contribution < 1.29 is 14.7 Å². The van der Waals surface area contributed by atoms with Crippen LogP contribution in [0.5, 0.6) is 0 Å². The van der Waals surface area contributed by atoms with Crippen LogP contribution in [0.4, 0.5) is 0 Å². The van der Waals surface area contributed by atoms with Gasteiger partial charge in [-0.25, -0.2) is 0 Å². The Kier molecular flexibility index (Phi) is 5.42. The van der Waals surface area contributed by atoms with Crippen molar-refractivity contribution in [3.8, 4) is 0 Å². The van der Waals surface area contributed by atoms with Gasteiger partial charge in [-0.3, -0.25) is 9.59 Å². The molecule has 0 unspecified atom stereocenters. The van der Waals surface area contributed by atoms with Crippen molar-refractivity contribution >= 4 is 35.1 Å². The summed E-state index contributed by atoms with van der Waals surface area (Å²) in [5.74, 6) is -1.28. The molecule has 0 aliphatic rings. The number of carbonyl (C=O) groups is 2. The number of hydrogen-bond donors (Lipinski definition) is 1. The Labute approximate surface area is 128 Å². The molecule has 0 aliphatic carbocycles. The van der Waals surface area contributed by atoms with Gasteiger partial charge in [-0.15, -0.1) is 0 Å². The van der Waals surface area contributed by atoms with E-state index in [4.69, 9.17) is 28.3 Å². The second-order valence-corrected chi connectivity index (χ2v) is 6.16. The summed E-state index contributed by atoms with van der Waals surface area (Å²) in [4.78, 5) is 24.8. The molecule has 110 valence electrons. The van der Waals surface area contributed by atoms with E-state index in [0.717, 1.165) is 0 Å². The van der Waals surface area contributed by atoms with Crippen LogP contribution in [-0.4, -0.2) is 34.0 Å². The van der Waals surface area contributed by atoms with Crippen LogP contribution in [0.1, 0.15) is 37.6 Å². The van der Waals surface area contributed by atoms with Crippen molar-refractivity contribution in [1.82, 2.24) is 4.90 Å². The number of aliphatic carboxylic acids is 1. The highest BCUT2D eigenvalue weighted by molar-refractivity contribution is 6.43. The number of carboxylic acid groups (broad SMARTS) is 1. The lowest BCUT2D eigenvalue weighted by atomic mass is 10.0. The monoisotopic (exact) mass is 317 g/mol. The first-order valence-electron chi connectivity index (χ1n) is 6.12. The van der Waals surface area contributed by atoms with E-state index in [2.05, 4.69) is 0 Å². The number of benzene rings is 1. The molecule has 20 heavy (non-hydrogen) atoms. The minimum atomic E-state index is -0.954. The third-order valence-corrected chi connectivity index (χ3v) is 3.61. The number of halogens is 2. The predicted molar refractivity (Wildman–Crippen MR) is 79.5 cm³/mol. The minimum Gasteiger partial charge on any atom is -0.481 e. The Hall–Kier alpha value is -1.26. The van der Waals surface area contributed by atoms with E-state index in [1.54, 1.807) is 18.2 Å². The van der Waals surface area contributed by atoms with Crippen molar-refractivity contribution in [3.05, 3.63) is 33.8 Å². The Morgan fingerprint density at radius 3 is 2.35 bits per heavy atom. The largest absolute Gasteiger partial charge is 0.481 e. The summed E-state index contributed by atoms with van der Waals surface area (Å²) in [7, 11) is 0. The molecule has 0 saturated heterocycles. The zero-order chi connectivity index (χ0) is 15.5. The molecule has 1 N–H and O–H groups in total. The fourth-order valence-electron chi connectivity index (χ4n) is 1.76. The molecule has 1 aromatic carbocycles. The van der Waals surface area contributed by atoms with Crippen molar-refractivity contribution in [2.24, 2.45) is 0 Å². The molecule has 1 rings (SSSR count). The van der Waals surface area contributed by atoms with Crippen LogP contribution in [0, 0.1) is 0 Å². The van der Waals surface area contributed by atoms with E-state index in [9.17, 15) is 9.59 Å². The number of carbonyl (C=O) groups excluding carboxylic acids is 1. The minimum absolute atomic E-state index is 0.112. The summed E-state index contributed by atoms with van der Waals surface area (Å²) in [6.07, 6.45) is -0.124. The van der Waals surface area contributed by atoms with Crippen molar-refractivity contribution in [2.45, 2.75) is 32.7 Å². The first-order valence-corrected chi connectivity index (χ1v) is 6.88. The molecule has 1 amide bonds. The molecule has 1 aromatic rings. The van der Waals surface area contributed by atoms with Gasteiger partial charge in [0.25, 0.3) is 5.91 Å². The summed E-state index contributed by atoms with van der Waals surface area (Å²) in [5, 5.41) is 9.27. The lowest BCUT2D eigenvalue weighted by Crippen LogP contribution is -2.46. The molecule has 4 nitrogen and oxygen atoms in total. The molecule has 0 aliphatic heterocycles. The maximum absolute atomic E-state index is 12.6. The Morgan fingerprint density at radius 2 is 1.85 bits per heavy atom. The van der Waals surface area contributed by atoms with Gasteiger partial charge in [-0.05, 0) is 32.9 Å². The van der Waals surface area contributed by atoms with Gasteiger partial charge in [0.15, 0.2) is 0 Å². The molecule has 6 heteroatoms. The Morgan fingerprint density at radius 1 is 1.25 bits per heavy atom. The summed E-state index contributed by atoms with van der Waals surface area (Å²) in [6, 6.07) is 4.81. The van der Waals surface area contributed by atoms with Crippen molar-refractivity contribution in [3.63, 3.8) is 0 Å². The lowest BCUT2D eigenvalue weighted by molar-refractivity contribution is -0.137. The summed E-state index contributed by atoms with van der Waals surface area (Å²) >= 11 is 12.0. The summed E-state index contributed by atoms with van der Waals surface area (Å²) < 4.78 is 0. The average Bonchev–Trinajstić information content (AvgIpc) is 2.30. The number of carboxylic acids is 1. The van der Waals surface area contributed by atoms with Crippen LogP contribution in [0.25, 0.3) is 0 Å². The smallest absolute Gasteiger partial charge is 0.305 e. The zero-order valence-electron chi connectivity index (χ0n) is 11.6. The molecule has 0 heterocycles. The van der Waals surface area contributed by atoms with Gasteiger partial charge < -0.3 is 10.0 Å². The molecule has 0 aromatic heterocycles. The third-order valence-electron chi connectivity index (χ3n) is 2.79. The SMILES string of the molecule is CC(C)(C)N(CCC(=O)O)C(=O)c1cccc(Cl)c1Cl. The highest BCUT2D eigenvalue weighted by atomic mass is 35.5. The van der Waals surface area contributed by atoms with Gasteiger partial charge in [0.1, 0.15) is 0 Å². The van der Waals surface area contributed by atoms with Gasteiger partial charge in [0.2, 0.25) is 0 Å². The first kappa shape index (κ1) is 16.8. The summed E-state index contributed by atoms with van der Waals surface area (Å²) in [5.41, 5.74) is -0.238.